The summed E-state index contributed by atoms with van der Waals surface area (Å²) in [6, 6.07) is 14.1. The molecule has 0 aromatic heterocycles. The summed E-state index contributed by atoms with van der Waals surface area (Å²) in [5, 5.41) is 3.15. The zero-order valence-corrected chi connectivity index (χ0v) is 21.2. The van der Waals surface area contributed by atoms with Gasteiger partial charge in [0.1, 0.15) is 0 Å². The largest absolute Gasteiger partial charge is 0.493 e. The Morgan fingerprint density at radius 1 is 0.886 bits per heavy atom. The van der Waals surface area contributed by atoms with Gasteiger partial charge in [-0.1, -0.05) is 17.7 Å². The molecule has 0 bridgehead atoms. The number of hydrogen-bond acceptors (Lipinski definition) is 6. The molecule has 35 heavy (non-hydrogen) atoms. The fourth-order valence-electron chi connectivity index (χ4n) is 3.19. The summed E-state index contributed by atoms with van der Waals surface area (Å²) in [5.41, 5.74) is 2.24. The van der Waals surface area contributed by atoms with Gasteiger partial charge in [0.2, 0.25) is 11.7 Å². The van der Waals surface area contributed by atoms with Crippen LogP contribution < -0.4 is 24.2 Å². The molecule has 0 heterocycles. The minimum atomic E-state index is -3.83. The lowest BCUT2D eigenvalue weighted by atomic mass is 10.1. The lowest BCUT2D eigenvalue weighted by Gasteiger charge is -2.14. The monoisotopic (exact) mass is 516 g/mol. The van der Waals surface area contributed by atoms with Gasteiger partial charge in [-0.15, -0.1) is 0 Å². The summed E-state index contributed by atoms with van der Waals surface area (Å²) < 4.78 is 43.8. The number of methoxy groups -OCH3 is 3. The van der Waals surface area contributed by atoms with E-state index in [4.69, 9.17) is 25.8 Å². The second kappa shape index (κ2) is 11.2. The maximum Gasteiger partial charge on any atom is 0.261 e. The highest BCUT2D eigenvalue weighted by atomic mass is 35.5. The third-order valence-corrected chi connectivity index (χ3v) is 6.81. The zero-order chi connectivity index (χ0) is 25.6. The maximum absolute atomic E-state index is 12.7. The molecule has 0 aliphatic carbocycles. The minimum Gasteiger partial charge on any atom is -0.493 e. The number of ether oxygens (including phenoxy) is 3. The predicted molar refractivity (Wildman–Crippen MR) is 137 cm³/mol. The van der Waals surface area contributed by atoms with Crippen LogP contribution in [0.5, 0.6) is 17.2 Å². The summed E-state index contributed by atoms with van der Waals surface area (Å²) >= 11 is 6.07. The first-order valence-electron chi connectivity index (χ1n) is 10.4. The molecule has 3 aromatic rings. The van der Waals surface area contributed by atoms with Gasteiger partial charge in [-0.25, -0.2) is 8.42 Å². The van der Waals surface area contributed by atoms with Crippen molar-refractivity contribution in [3.05, 3.63) is 76.8 Å². The summed E-state index contributed by atoms with van der Waals surface area (Å²) in [6.07, 6.45) is 2.91. The van der Waals surface area contributed by atoms with E-state index in [1.54, 1.807) is 36.4 Å². The quantitative estimate of drug-likeness (QED) is 0.382. The lowest BCUT2D eigenvalue weighted by molar-refractivity contribution is -0.111. The number of anilines is 2. The van der Waals surface area contributed by atoms with Crippen molar-refractivity contribution < 1.29 is 27.4 Å². The van der Waals surface area contributed by atoms with Gasteiger partial charge in [-0.05, 0) is 67.1 Å². The van der Waals surface area contributed by atoms with Crippen LogP contribution in [0.2, 0.25) is 5.02 Å². The van der Waals surface area contributed by atoms with E-state index in [1.165, 1.54) is 51.7 Å². The average molecular weight is 517 g/mol. The van der Waals surface area contributed by atoms with Gasteiger partial charge in [-0.3, -0.25) is 9.52 Å². The highest BCUT2D eigenvalue weighted by molar-refractivity contribution is 7.92. The van der Waals surface area contributed by atoms with Crippen LogP contribution in [0.15, 0.2) is 65.6 Å². The Kier molecular flexibility index (Phi) is 8.26. The van der Waals surface area contributed by atoms with E-state index in [0.717, 1.165) is 5.56 Å². The first-order chi connectivity index (χ1) is 16.7. The second-order valence-electron chi connectivity index (χ2n) is 7.34. The molecule has 0 aliphatic heterocycles. The number of amides is 1. The Hall–Kier alpha value is -3.69. The molecule has 184 valence electrons. The summed E-state index contributed by atoms with van der Waals surface area (Å²) in [5.74, 6) is 0.925. The third kappa shape index (κ3) is 6.26. The molecule has 0 spiro atoms. The first-order valence-corrected chi connectivity index (χ1v) is 12.2. The Labute approximate surface area is 209 Å². The van der Waals surface area contributed by atoms with Crippen LogP contribution in [-0.4, -0.2) is 35.7 Å². The van der Waals surface area contributed by atoms with E-state index in [1.807, 2.05) is 6.92 Å². The van der Waals surface area contributed by atoms with Crippen molar-refractivity contribution in [3.63, 3.8) is 0 Å². The Morgan fingerprint density at radius 2 is 1.54 bits per heavy atom. The highest BCUT2D eigenvalue weighted by Crippen LogP contribution is 2.40. The van der Waals surface area contributed by atoms with Gasteiger partial charge in [0.25, 0.3) is 10.0 Å². The van der Waals surface area contributed by atoms with Crippen molar-refractivity contribution in [1.82, 2.24) is 0 Å². The number of carbonyl (C=O) groups excluding carboxylic acids is 1. The molecule has 0 saturated heterocycles. The molecule has 3 aromatic carbocycles. The standard InChI is InChI=1S/C25H25ClN2O6S/c1-16-5-8-19(15-21(16)26)28-35(30,31)20-11-9-18(10-12-20)27-23(29)14-7-17-6-13-22(32-2)25(34-4)24(17)33-3/h5-15,28H,1-4H3,(H,27,29)/b14-7+. The normalized spacial score (nSPS) is 11.2. The number of nitrogens with one attached hydrogen (secondary N) is 2. The number of hydrogen-bond donors (Lipinski definition) is 2. The fourth-order valence-corrected chi connectivity index (χ4v) is 4.42. The van der Waals surface area contributed by atoms with Gasteiger partial charge in [0.15, 0.2) is 11.5 Å². The second-order valence-corrected chi connectivity index (χ2v) is 9.43. The number of halogens is 1. The molecule has 0 aliphatic rings. The van der Waals surface area contributed by atoms with Crippen LogP contribution in [0.3, 0.4) is 0 Å². The molecule has 0 unspecified atom stereocenters. The van der Waals surface area contributed by atoms with Crippen molar-refractivity contribution >= 4 is 45.0 Å². The van der Waals surface area contributed by atoms with E-state index in [9.17, 15) is 13.2 Å². The molecular weight excluding hydrogens is 492 g/mol. The lowest BCUT2D eigenvalue weighted by Crippen LogP contribution is -2.13. The van der Waals surface area contributed by atoms with E-state index in [-0.39, 0.29) is 4.90 Å². The number of carbonyl (C=O) groups is 1. The molecule has 1 amide bonds. The molecule has 0 fully saturated rings. The number of benzene rings is 3. The molecule has 2 N–H and O–H groups in total. The van der Waals surface area contributed by atoms with Crippen LogP contribution >= 0.6 is 11.6 Å². The molecule has 0 radical (unpaired) electrons. The van der Waals surface area contributed by atoms with E-state index < -0.39 is 15.9 Å². The number of rotatable bonds is 9. The van der Waals surface area contributed by atoms with Gasteiger partial charge < -0.3 is 19.5 Å². The Bertz CT molecular complexity index is 1360. The van der Waals surface area contributed by atoms with E-state index >= 15 is 0 Å². The molecular formula is C25H25ClN2O6S. The van der Waals surface area contributed by atoms with Gasteiger partial charge >= 0.3 is 0 Å². The fraction of sp³-hybridized carbons (Fsp3) is 0.160. The Balaban J connectivity index is 1.70. The smallest absolute Gasteiger partial charge is 0.261 e. The summed E-state index contributed by atoms with van der Waals surface area (Å²) in [4.78, 5) is 12.4. The van der Waals surface area contributed by atoms with Crippen molar-refractivity contribution in [3.8, 4) is 17.2 Å². The molecule has 8 nitrogen and oxygen atoms in total. The summed E-state index contributed by atoms with van der Waals surface area (Å²) in [6.45, 7) is 1.83. The van der Waals surface area contributed by atoms with E-state index in [0.29, 0.717) is 39.2 Å². The topological polar surface area (TPSA) is 103 Å². The van der Waals surface area contributed by atoms with Gasteiger partial charge in [0, 0.05) is 22.3 Å². The SMILES string of the molecule is COc1ccc(/C=C/C(=O)Nc2ccc(S(=O)(=O)Nc3ccc(C)c(Cl)c3)cc2)c(OC)c1OC. The molecule has 0 saturated carbocycles. The van der Waals surface area contributed by atoms with Crippen LogP contribution in [0.4, 0.5) is 11.4 Å². The number of aryl methyl sites for hydroxylation is 1. The minimum absolute atomic E-state index is 0.0396. The summed E-state index contributed by atoms with van der Waals surface area (Å²) in [7, 11) is 0.681. The molecule has 10 heteroatoms. The maximum atomic E-state index is 12.7. The van der Waals surface area contributed by atoms with Gasteiger partial charge in [-0.2, -0.15) is 0 Å². The van der Waals surface area contributed by atoms with Crippen LogP contribution in [0.1, 0.15) is 11.1 Å². The predicted octanol–water partition coefficient (Wildman–Crippen LogP) is 5.13. The number of sulfonamides is 1. The highest BCUT2D eigenvalue weighted by Gasteiger charge is 2.16. The Morgan fingerprint density at radius 3 is 2.14 bits per heavy atom. The van der Waals surface area contributed by atoms with Crippen molar-refractivity contribution in [1.29, 1.82) is 0 Å². The third-order valence-electron chi connectivity index (χ3n) is 5.01. The zero-order valence-electron chi connectivity index (χ0n) is 19.6. The molecule has 0 atom stereocenters. The first kappa shape index (κ1) is 25.9. The van der Waals surface area contributed by atoms with Gasteiger partial charge in [0.05, 0.1) is 31.9 Å². The van der Waals surface area contributed by atoms with Crippen LogP contribution in [0.25, 0.3) is 6.08 Å². The average Bonchev–Trinajstić information content (AvgIpc) is 2.84. The van der Waals surface area contributed by atoms with Crippen LogP contribution in [-0.2, 0) is 14.8 Å². The van der Waals surface area contributed by atoms with Crippen LogP contribution in [0, 0.1) is 6.92 Å². The van der Waals surface area contributed by atoms with E-state index in [2.05, 4.69) is 10.0 Å². The van der Waals surface area contributed by atoms with Crippen molar-refractivity contribution in [2.24, 2.45) is 0 Å². The van der Waals surface area contributed by atoms with Crippen molar-refractivity contribution in [2.45, 2.75) is 11.8 Å². The van der Waals surface area contributed by atoms with Crippen molar-refractivity contribution in [2.75, 3.05) is 31.4 Å². The molecule has 3 rings (SSSR count).